The molecule has 0 bridgehead atoms. The molecule has 1 saturated heterocycles. The quantitative estimate of drug-likeness (QED) is 0.906. The predicted molar refractivity (Wildman–Crippen MR) is 81.7 cm³/mol. The highest BCUT2D eigenvalue weighted by molar-refractivity contribution is 5.45. The van der Waals surface area contributed by atoms with Crippen LogP contribution in [0.15, 0.2) is 12.1 Å². The van der Waals surface area contributed by atoms with E-state index in [1.54, 1.807) is 0 Å². The van der Waals surface area contributed by atoms with E-state index in [4.69, 9.17) is 4.98 Å². The molecule has 0 radical (unpaired) electrons. The molecule has 1 aromatic rings. The molecule has 0 spiro atoms. The third-order valence-electron chi connectivity index (χ3n) is 3.77. The first-order valence-electron chi connectivity index (χ1n) is 7.31. The van der Waals surface area contributed by atoms with Gasteiger partial charge in [-0.15, -0.1) is 0 Å². The van der Waals surface area contributed by atoms with Gasteiger partial charge in [-0.2, -0.15) is 0 Å². The van der Waals surface area contributed by atoms with Crippen LogP contribution in [0.2, 0.25) is 0 Å². The summed E-state index contributed by atoms with van der Waals surface area (Å²) in [6, 6.07) is 4.48. The summed E-state index contributed by atoms with van der Waals surface area (Å²) in [6.07, 6.45) is 1.28. The van der Waals surface area contributed by atoms with Crippen LogP contribution in [-0.4, -0.2) is 25.1 Å². The van der Waals surface area contributed by atoms with Gasteiger partial charge < -0.3 is 10.2 Å². The van der Waals surface area contributed by atoms with Gasteiger partial charge in [0.05, 0.1) is 0 Å². The van der Waals surface area contributed by atoms with E-state index in [2.05, 4.69) is 50.0 Å². The van der Waals surface area contributed by atoms with Crippen molar-refractivity contribution in [3.63, 3.8) is 0 Å². The molecule has 1 unspecified atom stereocenters. The minimum absolute atomic E-state index is 0.101. The van der Waals surface area contributed by atoms with Gasteiger partial charge in [0.25, 0.3) is 0 Å². The first-order chi connectivity index (χ1) is 8.90. The molecule has 0 aliphatic carbocycles. The summed E-state index contributed by atoms with van der Waals surface area (Å²) < 4.78 is 0. The van der Waals surface area contributed by atoms with Crippen molar-refractivity contribution < 1.29 is 0 Å². The molecule has 1 N–H and O–H groups in total. The maximum atomic E-state index is 4.90. The van der Waals surface area contributed by atoms with Crippen molar-refractivity contribution >= 4 is 5.82 Å². The van der Waals surface area contributed by atoms with Gasteiger partial charge in [0.15, 0.2) is 0 Å². The van der Waals surface area contributed by atoms with Crippen LogP contribution in [0.4, 0.5) is 5.82 Å². The Morgan fingerprint density at radius 2 is 2.11 bits per heavy atom. The van der Waals surface area contributed by atoms with E-state index in [0.29, 0.717) is 0 Å². The number of nitrogens with zero attached hydrogens (tertiary/aromatic N) is 2. The zero-order chi connectivity index (χ0) is 14.0. The summed E-state index contributed by atoms with van der Waals surface area (Å²) in [5, 5.41) is 3.24. The van der Waals surface area contributed by atoms with Crippen LogP contribution < -0.4 is 10.2 Å². The van der Waals surface area contributed by atoms with Crippen LogP contribution in [-0.2, 0) is 12.0 Å². The van der Waals surface area contributed by atoms with Crippen LogP contribution >= 0.6 is 0 Å². The molecule has 0 aromatic carbocycles. The molecule has 1 aliphatic rings. The third-order valence-corrected chi connectivity index (χ3v) is 3.77. The third kappa shape index (κ3) is 3.47. The standard InChI is InChI=1S/C16H27N3/c1-12-6-7-19(11-12)15-9-13(10-17-5)8-14(18-15)16(2,3)4/h8-9,12,17H,6-7,10-11H2,1-5H3. The number of anilines is 1. The second kappa shape index (κ2) is 5.49. The van der Waals surface area contributed by atoms with Gasteiger partial charge in [-0.1, -0.05) is 27.7 Å². The normalized spacial score (nSPS) is 20.1. The lowest BCUT2D eigenvalue weighted by Gasteiger charge is -2.24. The Labute approximate surface area is 117 Å². The molecule has 2 rings (SSSR count). The Morgan fingerprint density at radius 1 is 1.37 bits per heavy atom. The lowest BCUT2D eigenvalue weighted by Crippen LogP contribution is -2.23. The number of aromatic nitrogens is 1. The Kier molecular flexibility index (Phi) is 4.14. The number of hydrogen-bond acceptors (Lipinski definition) is 3. The number of hydrogen-bond donors (Lipinski definition) is 1. The molecule has 2 heterocycles. The highest BCUT2D eigenvalue weighted by atomic mass is 15.2. The van der Waals surface area contributed by atoms with Crippen LogP contribution in [0.5, 0.6) is 0 Å². The summed E-state index contributed by atoms with van der Waals surface area (Å²) >= 11 is 0. The average Bonchev–Trinajstić information content (AvgIpc) is 2.75. The summed E-state index contributed by atoms with van der Waals surface area (Å²) in [7, 11) is 1.99. The van der Waals surface area contributed by atoms with Gasteiger partial charge in [-0.3, -0.25) is 0 Å². The van der Waals surface area contributed by atoms with Crippen LogP contribution in [0, 0.1) is 5.92 Å². The van der Waals surface area contributed by atoms with E-state index in [0.717, 1.165) is 31.4 Å². The van der Waals surface area contributed by atoms with Crippen molar-refractivity contribution in [2.45, 2.75) is 46.1 Å². The maximum absolute atomic E-state index is 4.90. The molecule has 0 amide bonds. The fourth-order valence-corrected chi connectivity index (χ4v) is 2.57. The largest absolute Gasteiger partial charge is 0.356 e. The molecule has 1 aromatic heterocycles. The topological polar surface area (TPSA) is 28.2 Å². The van der Waals surface area contributed by atoms with E-state index in [9.17, 15) is 0 Å². The van der Waals surface area contributed by atoms with Crippen molar-refractivity contribution in [3.05, 3.63) is 23.4 Å². The molecule has 19 heavy (non-hydrogen) atoms. The van der Waals surface area contributed by atoms with Crippen molar-refractivity contribution in [2.24, 2.45) is 5.92 Å². The number of nitrogens with one attached hydrogen (secondary N) is 1. The second-order valence-electron chi connectivity index (χ2n) is 6.84. The Morgan fingerprint density at radius 3 is 2.63 bits per heavy atom. The van der Waals surface area contributed by atoms with E-state index < -0.39 is 0 Å². The minimum atomic E-state index is 0.101. The highest BCUT2D eigenvalue weighted by Crippen LogP contribution is 2.27. The van der Waals surface area contributed by atoms with Crippen molar-refractivity contribution in [2.75, 3.05) is 25.0 Å². The number of rotatable bonds is 3. The summed E-state index contributed by atoms with van der Waals surface area (Å²) in [4.78, 5) is 7.33. The maximum Gasteiger partial charge on any atom is 0.129 e. The van der Waals surface area contributed by atoms with E-state index in [1.807, 2.05) is 7.05 Å². The van der Waals surface area contributed by atoms with Gasteiger partial charge in [0.2, 0.25) is 0 Å². The summed E-state index contributed by atoms with van der Waals surface area (Å²) in [5.41, 5.74) is 2.62. The van der Waals surface area contributed by atoms with E-state index in [-0.39, 0.29) is 5.41 Å². The van der Waals surface area contributed by atoms with Crippen LogP contribution in [0.3, 0.4) is 0 Å². The Bertz CT molecular complexity index is 434. The van der Waals surface area contributed by atoms with E-state index in [1.165, 1.54) is 17.7 Å². The molecule has 0 saturated carbocycles. The first-order valence-corrected chi connectivity index (χ1v) is 7.31. The van der Waals surface area contributed by atoms with Gasteiger partial charge in [-0.25, -0.2) is 4.98 Å². The average molecular weight is 261 g/mol. The van der Waals surface area contributed by atoms with Crippen LogP contribution in [0.1, 0.15) is 45.4 Å². The highest BCUT2D eigenvalue weighted by Gasteiger charge is 2.23. The molecule has 3 heteroatoms. The van der Waals surface area contributed by atoms with Crippen molar-refractivity contribution in [1.82, 2.24) is 10.3 Å². The van der Waals surface area contributed by atoms with Crippen LogP contribution in [0.25, 0.3) is 0 Å². The molecule has 1 atom stereocenters. The minimum Gasteiger partial charge on any atom is -0.356 e. The molecular formula is C16H27N3. The second-order valence-corrected chi connectivity index (χ2v) is 6.84. The fourth-order valence-electron chi connectivity index (χ4n) is 2.57. The SMILES string of the molecule is CNCc1cc(N2CCC(C)C2)nc(C(C)(C)C)c1. The fraction of sp³-hybridized carbons (Fsp3) is 0.688. The van der Waals surface area contributed by atoms with Gasteiger partial charge in [-0.05, 0) is 37.1 Å². The zero-order valence-electron chi connectivity index (χ0n) is 13.0. The lowest BCUT2D eigenvalue weighted by atomic mass is 9.90. The van der Waals surface area contributed by atoms with Gasteiger partial charge in [0, 0.05) is 30.7 Å². The molecule has 1 aliphatic heterocycles. The first kappa shape index (κ1) is 14.3. The Hall–Kier alpha value is -1.09. The van der Waals surface area contributed by atoms with Crippen molar-refractivity contribution in [1.29, 1.82) is 0 Å². The lowest BCUT2D eigenvalue weighted by molar-refractivity contribution is 0.566. The van der Waals surface area contributed by atoms with Crippen molar-refractivity contribution in [3.8, 4) is 0 Å². The molecule has 1 fully saturated rings. The summed E-state index contributed by atoms with van der Waals surface area (Å²) in [5.74, 6) is 1.94. The molecule has 3 nitrogen and oxygen atoms in total. The van der Waals surface area contributed by atoms with E-state index >= 15 is 0 Å². The Balaban J connectivity index is 2.34. The smallest absolute Gasteiger partial charge is 0.129 e. The monoisotopic (exact) mass is 261 g/mol. The zero-order valence-corrected chi connectivity index (χ0v) is 13.0. The number of pyridine rings is 1. The summed E-state index contributed by atoms with van der Waals surface area (Å²) in [6.45, 7) is 12.2. The molecule has 106 valence electrons. The molecular weight excluding hydrogens is 234 g/mol. The van der Waals surface area contributed by atoms with Gasteiger partial charge in [0.1, 0.15) is 5.82 Å². The van der Waals surface area contributed by atoms with Gasteiger partial charge >= 0.3 is 0 Å². The predicted octanol–water partition coefficient (Wildman–Crippen LogP) is 2.94.